The number of aryl methyl sites for hydroxylation is 1. The number of amides is 2. The van der Waals surface area contributed by atoms with Gasteiger partial charge in [-0.3, -0.25) is 9.59 Å². The molecule has 1 saturated heterocycles. The molecule has 0 bridgehead atoms. The standard InChI is InChI=1S/C15H16N2O4S/c18-12-8-17(11(7-16-12)15(20)21)14(19)13-10-4-2-1-3-9(10)5-6-22-13/h1-4,11,13H,5-8H2,(H,16,18)(H,20,21). The van der Waals surface area contributed by atoms with Crippen LogP contribution < -0.4 is 5.32 Å². The van der Waals surface area contributed by atoms with Crippen molar-refractivity contribution in [1.82, 2.24) is 10.2 Å². The minimum absolute atomic E-state index is 0.0427. The molecule has 116 valence electrons. The number of carboxylic acids is 1. The zero-order valence-corrected chi connectivity index (χ0v) is 12.6. The molecular weight excluding hydrogens is 304 g/mol. The predicted molar refractivity (Wildman–Crippen MR) is 81.5 cm³/mol. The van der Waals surface area contributed by atoms with Gasteiger partial charge < -0.3 is 15.3 Å². The first-order chi connectivity index (χ1) is 10.6. The molecule has 2 aliphatic rings. The number of carbonyl (C=O) groups is 3. The van der Waals surface area contributed by atoms with E-state index in [1.807, 2.05) is 24.3 Å². The number of rotatable bonds is 2. The van der Waals surface area contributed by atoms with Gasteiger partial charge in [0.2, 0.25) is 11.8 Å². The summed E-state index contributed by atoms with van der Waals surface area (Å²) in [5.74, 6) is -0.896. The van der Waals surface area contributed by atoms with Crippen molar-refractivity contribution in [2.24, 2.45) is 0 Å². The molecule has 1 fully saturated rings. The number of piperazine rings is 1. The van der Waals surface area contributed by atoms with Gasteiger partial charge in [0.25, 0.3) is 0 Å². The van der Waals surface area contributed by atoms with Crippen LogP contribution in [-0.4, -0.2) is 52.7 Å². The van der Waals surface area contributed by atoms with E-state index in [9.17, 15) is 19.5 Å². The Morgan fingerprint density at radius 3 is 2.86 bits per heavy atom. The molecule has 2 heterocycles. The van der Waals surface area contributed by atoms with E-state index in [1.165, 1.54) is 16.7 Å². The molecule has 0 radical (unpaired) electrons. The Morgan fingerprint density at radius 2 is 2.09 bits per heavy atom. The van der Waals surface area contributed by atoms with E-state index in [0.29, 0.717) is 0 Å². The number of hydrogen-bond donors (Lipinski definition) is 2. The van der Waals surface area contributed by atoms with Crippen molar-refractivity contribution in [3.63, 3.8) is 0 Å². The highest BCUT2D eigenvalue weighted by Crippen LogP contribution is 2.38. The third-order valence-corrected chi connectivity index (χ3v) is 5.20. The lowest BCUT2D eigenvalue weighted by Crippen LogP contribution is -2.60. The van der Waals surface area contributed by atoms with E-state index in [-0.39, 0.29) is 24.9 Å². The summed E-state index contributed by atoms with van der Waals surface area (Å²) in [5.41, 5.74) is 2.05. The fourth-order valence-electron chi connectivity index (χ4n) is 2.84. The summed E-state index contributed by atoms with van der Waals surface area (Å²) in [5, 5.41) is 11.4. The second-order valence-electron chi connectivity index (χ2n) is 5.32. The minimum Gasteiger partial charge on any atom is -0.480 e. The number of nitrogens with zero attached hydrogens (tertiary/aromatic N) is 1. The number of nitrogens with one attached hydrogen (secondary N) is 1. The van der Waals surface area contributed by atoms with E-state index < -0.39 is 17.3 Å². The Morgan fingerprint density at radius 1 is 1.32 bits per heavy atom. The van der Waals surface area contributed by atoms with Gasteiger partial charge in [-0.05, 0) is 23.3 Å². The monoisotopic (exact) mass is 320 g/mol. The fraction of sp³-hybridized carbons (Fsp3) is 0.400. The van der Waals surface area contributed by atoms with Gasteiger partial charge in [-0.15, -0.1) is 11.8 Å². The Bertz CT molecular complexity index is 634. The predicted octanol–water partition coefficient (Wildman–Crippen LogP) is 0.429. The third kappa shape index (κ3) is 2.68. The highest BCUT2D eigenvalue weighted by molar-refractivity contribution is 8.00. The number of carbonyl (C=O) groups excluding carboxylic acids is 2. The van der Waals surface area contributed by atoms with Gasteiger partial charge in [-0.25, -0.2) is 4.79 Å². The highest BCUT2D eigenvalue weighted by atomic mass is 32.2. The first kappa shape index (κ1) is 14.9. The maximum absolute atomic E-state index is 12.8. The Labute approximate surface area is 131 Å². The molecule has 7 heteroatoms. The van der Waals surface area contributed by atoms with Gasteiger partial charge >= 0.3 is 5.97 Å². The summed E-state index contributed by atoms with van der Waals surface area (Å²) in [6.07, 6.45) is 0.896. The van der Waals surface area contributed by atoms with E-state index in [2.05, 4.69) is 5.32 Å². The second-order valence-corrected chi connectivity index (χ2v) is 6.54. The smallest absolute Gasteiger partial charge is 0.328 e. The van der Waals surface area contributed by atoms with Gasteiger partial charge in [-0.1, -0.05) is 24.3 Å². The number of benzene rings is 1. The zero-order valence-electron chi connectivity index (χ0n) is 11.8. The summed E-state index contributed by atoms with van der Waals surface area (Å²) in [6.45, 7) is -0.242. The summed E-state index contributed by atoms with van der Waals surface area (Å²) in [6, 6.07) is 6.71. The van der Waals surface area contributed by atoms with E-state index in [0.717, 1.165) is 23.3 Å². The molecule has 2 aliphatic heterocycles. The van der Waals surface area contributed by atoms with Crippen LogP contribution in [0.25, 0.3) is 0 Å². The maximum atomic E-state index is 12.8. The average Bonchev–Trinajstić information content (AvgIpc) is 2.53. The van der Waals surface area contributed by atoms with E-state index in [4.69, 9.17) is 0 Å². The van der Waals surface area contributed by atoms with Crippen molar-refractivity contribution in [3.8, 4) is 0 Å². The van der Waals surface area contributed by atoms with Crippen LogP contribution in [0.1, 0.15) is 16.4 Å². The molecule has 0 saturated carbocycles. The third-order valence-electron chi connectivity index (χ3n) is 3.97. The topological polar surface area (TPSA) is 86.7 Å². The Hall–Kier alpha value is -2.02. The van der Waals surface area contributed by atoms with Crippen LogP contribution in [0.2, 0.25) is 0 Å². The summed E-state index contributed by atoms with van der Waals surface area (Å²) in [7, 11) is 0. The number of carboxylic acid groups (broad SMARTS) is 1. The van der Waals surface area contributed by atoms with Crippen molar-refractivity contribution >= 4 is 29.5 Å². The van der Waals surface area contributed by atoms with Crippen molar-refractivity contribution in [2.75, 3.05) is 18.8 Å². The van der Waals surface area contributed by atoms with Crippen molar-refractivity contribution < 1.29 is 19.5 Å². The van der Waals surface area contributed by atoms with E-state index >= 15 is 0 Å². The largest absolute Gasteiger partial charge is 0.480 e. The lowest BCUT2D eigenvalue weighted by atomic mass is 10.00. The normalized spacial score (nSPS) is 24.4. The van der Waals surface area contributed by atoms with Gasteiger partial charge in [0.1, 0.15) is 17.8 Å². The molecule has 0 aliphatic carbocycles. The Balaban J connectivity index is 1.89. The zero-order chi connectivity index (χ0) is 15.7. The molecule has 3 rings (SSSR count). The molecule has 22 heavy (non-hydrogen) atoms. The second kappa shape index (κ2) is 6.00. The quantitative estimate of drug-likeness (QED) is 0.825. The van der Waals surface area contributed by atoms with Gasteiger partial charge in [-0.2, -0.15) is 0 Å². The lowest BCUT2D eigenvalue weighted by Gasteiger charge is -2.36. The van der Waals surface area contributed by atoms with Crippen LogP contribution in [0.15, 0.2) is 24.3 Å². The van der Waals surface area contributed by atoms with Gasteiger partial charge in [0.15, 0.2) is 0 Å². The van der Waals surface area contributed by atoms with Crippen LogP contribution >= 0.6 is 11.8 Å². The molecular formula is C15H16N2O4S. The van der Waals surface area contributed by atoms with Crippen LogP contribution in [0.5, 0.6) is 0 Å². The van der Waals surface area contributed by atoms with Crippen molar-refractivity contribution in [3.05, 3.63) is 35.4 Å². The van der Waals surface area contributed by atoms with Crippen LogP contribution in [0.4, 0.5) is 0 Å². The molecule has 2 unspecified atom stereocenters. The Kier molecular flexibility index (Phi) is 4.06. The molecule has 2 atom stereocenters. The SMILES string of the molecule is O=C1CN(C(=O)C2SCCc3ccccc32)C(C(=O)O)CN1. The average molecular weight is 320 g/mol. The van der Waals surface area contributed by atoms with Gasteiger partial charge in [0.05, 0.1) is 0 Å². The molecule has 2 N–H and O–H groups in total. The van der Waals surface area contributed by atoms with Gasteiger partial charge in [0, 0.05) is 6.54 Å². The first-order valence-electron chi connectivity index (χ1n) is 7.07. The molecule has 1 aromatic rings. The van der Waals surface area contributed by atoms with E-state index in [1.54, 1.807) is 0 Å². The fourth-order valence-corrected chi connectivity index (χ4v) is 4.10. The van der Waals surface area contributed by atoms with Crippen LogP contribution in [0, 0.1) is 0 Å². The highest BCUT2D eigenvalue weighted by Gasteiger charge is 2.39. The molecule has 0 spiro atoms. The first-order valence-corrected chi connectivity index (χ1v) is 8.12. The molecule has 6 nitrogen and oxygen atoms in total. The lowest BCUT2D eigenvalue weighted by molar-refractivity contribution is -0.153. The maximum Gasteiger partial charge on any atom is 0.328 e. The van der Waals surface area contributed by atoms with Crippen molar-refractivity contribution in [2.45, 2.75) is 17.7 Å². The van der Waals surface area contributed by atoms with Crippen LogP contribution in [0.3, 0.4) is 0 Å². The summed E-state index contributed by atoms with van der Waals surface area (Å²) in [4.78, 5) is 37.0. The summed E-state index contributed by atoms with van der Waals surface area (Å²) >= 11 is 1.51. The van der Waals surface area contributed by atoms with Crippen LogP contribution in [-0.2, 0) is 20.8 Å². The molecule has 1 aromatic carbocycles. The number of fused-ring (bicyclic) bond motifs is 1. The number of hydrogen-bond acceptors (Lipinski definition) is 4. The number of aliphatic carboxylic acids is 1. The minimum atomic E-state index is -1.09. The number of thioether (sulfide) groups is 1. The van der Waals surface area contributed by atoms with Crippen molar-refractivity contribution in [1.29, 1.82) is 0 Å². The summed E-state index contributed by atoms with van der Waals surface area (Å²) < 4.78 is 0. The molecule has 0 aromatic heterocycles. The molecule has 2 amide bonds.